The molecule has 0 saturated carbocycles. The van der Waals surface area contributed by atoms with Crippen LogP contribution in [-0.4, -0.2) is 14.9 Å². The van der Waals surface area contributed by atoms with Crippen molar-refractivity contribution in [3.05, 3.63) is 87.9 Å². The van der Waals surface area contributed by atoms with Gasteiger partial charge in [0, 0.05) is 0 Å². The first kappa shape index (κ1) is 16.3. The summed E-state index contributed by atoms with van der Waals surface area (Å²) in [6.07, 6.45) is 1.04. The van der Waals surface area contributed by atoms with Crippen LogP contribution in [0.2, 0.25) is 0 Å². The van der Waals surface area contributed by atoms with Crippen LogP contribution in [0.15, 0.2) is 60.8 Å². The highest BCUT2D eigenvalue weighted by Crippen LogP contribution is 2.27. The van der Waals surface area contributed by atoms with Crippen LogP contribution in [0.5, 0.6) is 0 Å². The number of nitro groups is 1. The molecular weight excluding hydrogens is 325 g/mol. The molecule has 0 bridgehead atoms. The van der Waals surface area contributed by atoms with Crippen LogP contribution in [0.1, 0.15) is 17.2 Å². The Bertz CT molecular complexity index is 905. The maximum absolute atomic E-state index is 13.6. The maximum atomic E-state index is 13.6. The number of rotatable bonds is 5. The number of anilines is 2. The van der Waals surface area contributed by atoms with Gasteiger partial charge in [-0.15, -0.1) is 0 Å². The minimum Gasteiger partial charge on any atom is -0.378 e. The molecule has 1 atom stereocenters. The fourth-order valence-electron chi connectivity index (χ4n) is 2.42. The average Bonchev–Trinajstić information content (AvgIpc) is 2.60. The zero-order chi connectivity index (χ0) is 17.8. The highest BCUT2D eigenvalue weighted by molar-refractivity contribution is 5.54. The Morgan fingerprint density at radius 3 is 2.48 bits per heavy atom. The zero-order valence-electron chi connectivity index (χ0n) is 13.0. The number of nitrogens with zero attached hydrogens (tertiary/aromatic N) is 3. The molecule has 0 saturated heterocycles. The maximum Gasteiger partial charge on any atom is 0.329 e. The van der Waals surface area contributed by atoms with Crippen molar-refractivity contribution in [2.45, 2.75) is 6.04 Å². The van der Waals surface area contributed by atoms with E-state index in [4.69, 9.17) is 5.73 Å². The zero-order valence-corrected chi connectivity index (χ0v) is 13.0. The van der Waals surface area contributed by atoms with E-state index in [2.05, 4.69) is 15.3 Å². The molecule has 25 heavy (non-hydrogen) atoms. The summed E-state index contributed by atoms with van der Waals surface area (Å²) in [4.78, 5) is 18.0. The van der Waals surface area contributed by atoms with Gasteiger partial charge in [0.05, 0.1) is 11.0 Å². The van der Waals surface area contributed by atoms with Gasteiger partial charge in [-0.25, -0.2) is 9.37 Å². The second-order valence-electron chi connectivity index (χ2n) is 5.26. The Labute approximate surface area is 142 Å². The van der Waals surface area contributed by atoms with Crippen LogP contribution >= 0.6 is 0 Å². The van der Waals surface area contributed by atoms with E-state index in [9.17, 15) is 14.5 Å². The number of halogens is 1. The van der Waals surface area contributed by atoms with Crippen molar-refractivity contribution in [3.63, 3.8) is 0 Å². The van der Waals surface area contributed by atoms with Gasteiger partial charge >= 0.3 is 5.69 Å². The first-order valence-corrected chi connectivity index (χ1v) is 7.38. The first-order valence-electron chi connectivity index (χ1n) is 7.38. The summed E-state index contributed by atoms with van der Waals surface area (Å²) in [7, 11) is 0. The number of nitrogens with one attached hydrogen (secondary N) is 1. The third-order valence-corrected chi connectivity index (χ3v) is 3.58. The standard InChI is InChI=1S/C17H14FN5O2/c18-13-8-4-7-12(9-13)15(11-5-2-1-3-6-11)21-17-20-10-14(23(24)25)16(19)22-17/h1-10,15H,(H3,19,20,21,22). The molecule has 1 aromatic heterocycles. The average molecular weight is 339 g/mol. The number of nitrogen functional groups attached to an aromatic ring is 1. The fourth-order valence-corrected chi connectivity index (χ4v) is 2.42. The molecule has 2 aromatic carbocycles. The van der Waals surface area contributed by atoms with Crippen LogP contribution in [0, 0.1) is 15.9 Å². The van der Waals surface area contributed by atoms with E-state index >= 15 is 0 Å². The molecule has 126 valence electrons. The van der Waals surface area contributed by atoms with E-state index in [1.807, 2.05) is 30.3 Å². The van der Waals surface area contributed by atoms with E-state index in [0.29, 0.717) is 5.56 Å². The molecule has 0 aliphatic heterocycles. The molecule has 0 aliphatic rings. The van der Waals surface area contributed by atoms with Gasteiger partial charge in [-0.2, -0.15) is 4.98 Å². The summed E-state index contributed by atoms with van der Waals surface area (Å²) in [6, 6.07) is 15.0. The summed E-state index contributed by atoms with van der Waals surface area (Å²) in [5, 5.41) is 13.9. The lowest BCUT2D eigenvalue weighted by molar-refractivity contribution is -0.384. The molecule has 0 amide bonds. The molecule has 3 N–H and O–H groups in total. The molecule has 8 heteroatoms. The highest BCUT2D eigenvalue weighted by atomic mass is 19.1. The van der Waals surface area contributed by atoms with E-state index in [1.54, 1.807) is 12.1 Å². The molecule has 7 nitrogen and oxygen atoms in total. The Kier molecular flexibility index (Phi) is 4.51. The lowest BCUT2D eigenvalue weighted by Gasteiger charge is -2.20. The third kappa shape index (κ3) is 3.69. The molecule has 0 spiro atoms. The summed E-state index contributed by atoms with van der Waals surface area (Å²) in [5.74, 6) is -0.501. The smallest absolute Gasteiger partial charge is 0.329 e. The Morgan fingerprint density at radius 1 is 1.12 bits per heavy atom. The summed E-state index contributed by atoms with van der Waals surface area (Å²) in [5.41, 5.74) is 6.75. The van der Waals surface area contributed by atoms with Crippen molar-refractivity contribution in [2.75, 3.05) is 11.1 Å². The van der Waals surface area contributed by atoms with Crippen molar-refractivity contribution in [1.29, 1.82) is 0 Å². The quantitative estimate of drug-likeness (QED) is 0.545. The first-order chi connectivity index (χ1) is 12.0. The molecule has 0 fully saturated rings. The summed E-state index contributed by atoms with van der Waals surface area (Å²) < 4.78 is 13.6. The molecule has 1 heterocycles. The number of hydrogen-bond donors (Lipinski definition) is 2. The Balaban J connectivity index is 1.98. The van der Waals surface area contributed by atoms with E-state index in [1.165, 1.54) is 12.1 Å². The molecule has 3 rings (SSSR count). The summed E-state index contributed by atoms with van der Waals surface area (Å²) in [6.45, 7) is 0. The normalized spacial score (nSPS) is 11.7. The lowest BCUT2D eigenvalue weighted by Crippen LogP contribution is -2.15. The fraction of sp³-hybridized carbons (Fsp3) is 0.0588. The van der Waals surface area contributed by atoms with Gasteiger partial charge in [0.25, 0.3) is 0 Å². The van der Waals surface area contributed by atoms with Gasteiger partial charge in [-0.3, -0.25) is 10.1 Å². The summed E-state index contributed by atoms with van der Waals surface area (Å²) >= 11 is 0. The number of nitrogens with two attached hydrogens (primary N) is 1. The van der Waals surface area contributed by atoms with Gasteiger partial charge < -0.3 is 11.1 Å². The van der Waals surface area contributed by atoms with Gasteiger partial charge in [-0.05, 0) is 23.3 Å². The Hall–Kier alpha value is -3.55. The monoisotopic (exact) mass is 339 g/mol. The second kappa shape index (κ2) is 6.91. The van der Waals surface area contributed by atoms with Crippen LogP contribution in [-0.2, 0) is 0 Å². The predicted octanol–water partition coefficient (Wildman–Crippen LogP) is 3.31. The number of aromatic nitrogens is 2. The second-order valence-corrected chi connectivity index (χ2v) is 5.26. The van der Waals surface area contributed by atoms with Gasteiger partial charge in [0.2, 0.25) is 11.8 Å². The molecule has 1 unspecified atom stereocenters. The number of hydrogen-bond acceptors (Lipinski definition) is 6. The predicted molar refractivity (Wildman–Crippen MR) is 91.4 cm³/mol. The van der Waals surface area contributed by atoms with Crippen molar-refractivity contribution >= 4 is 17.5 Å². The van der Waals surface area contributed by atoms with E-state index in [-0.39, 0.29) is 23.3 Å². The topological polar surface area (TPSA) is 107 Å². The van der Waals surface area contributed by atoms with Crippen LogP contribution in [0.4, 0.5) is 21.8 Å². The molecule has 3 aromatic rings. The molecular formula is C17H14FN5O2. The van der Waals surface area contributed by atoms with Crippen molar-refractivity contribution in [3.8, 4) is 0 Å². The van der Waals surface area contributed by atoms with E-state index in [0.717, 1.165) is 11.8 Å². The molecule has 0 radical (unpaired) electrons. The SMILES string of the molecule is Nc1nc(NC(c2ccccc2)c2cccc(F)c2)ncc1[N+](=O)[O-]. The van der Waals surface area contributed by atoms with Crippen LogP contribution in [0.3, 0.4) is 0 Å². The molecule has 0 aliphatic carbocycles. The van der Waals surface area contributed by atoms with Gasteiger partial charge in [0.15, 0.2) is 0 Å². The number of benzene rings is 2. The van der Waals surface area contributed by atoms with Gasteiger partial charge in [-0.1, -0.05) is 42.5 Å². The largest absolute Gasteiger partial charge is 0.378 e. The minimum absolute atomic E-state index is 0.112. The van der Waals surface area contributed by atoms with Crippen LogP contribution in [0.25, 0.3) is 0 Å². The van der Waals surface area contributed by atoms with Crippen LogP contribution < -0.4 is 11.1 Å². The Morgan fingerprint density at radius 2 is 1.84 bits per heavy atom. The van der Waals surface area contributed by atoms with Crippen molar-refractivity contribution in [2.24, 2.45) is 0 Å². The minimum atomic E-state index is -0.652. The third-order valence-electron chi connectivity index (χ3n) is 3.58. The van der Waals surface area contributed by atoms with Crippen molar-refractivity contribution in [1.82, 2.24) is 9.97 Å². The van der Waals surface area contributed by atoms with Crippen molar-refractivity contribution < 1.29 is 9.31 Å². The highest BCUT2D eigenvalue weighted by Gasteiger charge is 2.19. The lowest BCUT2D eigenvalue weighted by atomic mass is 9.99. The van der Waals surface area contributed by atoms with E-state index < -0.39 is 11.0 Å². The van der Waals surface area contributed by atoms with Gasteiger partial charge in [0.1, 0.15) is 12.0 Å².